The van der Waals surface area contributed by atoms with E-state index in [2.05, 4.69) is 15.9 Å². The monoisotopic (exact) mass is 316 g/mol. The maximum atomic E-state index is 5.61. The van der Waals surface area contributed by atoms with Gasteiger partial charge in [-0.25, -0.2) is 0 Å². The fourth-order valence-electron chi connectivity index (χ4n) is 1.58. The van der Waals surface area contributed by atoms with Gasteiger partial charge >= 0.3 is 0 Å². The van der Waals surface area contributed by atoms with Crippen molar-refractivity contribution >= 4 is 15.9 Å². The molecule has 0 aliphatic rings. The highest BCUT2D eigenvalue weighted by atomic mass is 79.9. The third-order valence-electron chi connectivity index (χ3n) is 2.37. The van der Waals surface area contributed by atoms with Crippen LogP contribution in [0.25, 0.3) is 0 Å². The van der Waals surface area contributed by atoms with Crippen LogP contribution in [0.5, 0.6) is 5.75 Å². The van der Waals surface area contributed by atoms with Crippen molar-refractivity contribution in [2.75, 3.05) is 19.8 Å². The predicted octanol–water partition coefficient (Wildman–Crippen LogP) is 3.79. The van der Waals surface area contributed by atoms with E-state index in [1.54, 1.807) is 0 Å². The van der Waals surface area contributed by atoms with E-state index < -0.39 is 0 Å². The van der Waals surface area contributed by atoms with Crippen molar-refractivity contribution in [3.8, 4) is 5.75 Å². The number of hydrogen-bond acceptors (Lipinski definition) is 3. The van der Waals surface area contributed by atoms with Gasteiger partial charge in [0.2, 0.25) is 0 Å². The Morgan fingerprint density at radius 2 is 2.00 bits per heavy atom. The molecule has 1 atom stereocenters. The molecule has 1 aromatic rings. The zero-order valence-corrected chi connectivity index (χ0v) is 12.8. The summed E-state index contributed by atoms with van der Waals surface area (Å²) in [6.45, 7) is 8.52. The lowest BCUT2D eigenvalue weighted by atomic mass is 10.2. The van der Waals surface area contributed by atoms with Crippen molar-refractivity contribution in [3.63, 3.8) is 0 Å². The van der Waals surface area contributed by atoms with E-state index in [9.17, 15) is 0 Å². The third kappa shape index (κ3) is 5.38. The van der Waals surface area contributed by atoms with Gasteiger partial charge in [0.05, 0.1) is 30.4 Å². The summed E-state index contributed by atoms with van der Waals surface area (Å²) in [5.41, 5.74) is 1.10. The van der Waals surface area contributed by atoms with Gasteiger partial charge in [0, 0.05) is 6.61 Å². The smallest absolute Gasteiger partial charge is 0.133 e. The first-order chi connectivity index (χ1) is 8.67. The molecule has 0 aliphatic carbocycles. The highest BCUT2D eigenvalue weighted by Crippen LogP contribution is 2.26. The Balaban J connectivity index is 2.44. The van der Waals surface area contributed by atoms with Gasteiger partial charge in [-0.15, -0.1) is 0 Å². The molecule has 0 N–H and O–H groups in total. The van der Waals surface area contributed by atoms with Crippen molar-refractivity contribution in [1.29, 1.82) is 0 Å². The summed E-state index contributed by atoms with van der Waals surface area (Å²) < 4.78 is 17.5. The first kappa shape index (κ1) is 15.5. The Morgan fingerprint density at radius 1 is 1.22 bits per heavy atom. The minimum Gasteiger partial charge on any atom is -0.493 e. The van der Waals surface area contributed by atoms with E-state index in [-0.39, 0.29) is 6.10 Å². The summed E-state index contributed by atoms with van der Waals surface area (Å²) in [6.07, 6.45) is 0.136. The maximum absolute atomic E-state index is 5.61. The molecular weight excluding hydrogens is 296 g/mol. The molecule has 0 saturated carbocycles. The van der Waals surface area contributed by atoms with Crippen LogP contribution in [-0.2, 0) is 16.1 Å². The van der Waals surface area contributed by atoms with Crippen molar-refractivity contribution < 1.29 is 14.2 Å². The molecule has 3 nitrogen and oxygen atoms in total. The van der Waals surface area contributed by atoms with Crippen molar-refractivity contribution in [3.05, 3.63) is 28.2 Å². The molecule has 4 heteroatoms. The second kappa shape index (κ2) is 8.51. The standard InChI is InChI=1S/C14H21BrO3/c1-4-17-11(3)9-16-10-12-6-7-13(15)14(8-12)18-5-2/h6-8,11H,4-5,9-10H2,1-3H3/t11-/m1/s1. The van der Waals surface area contributed by atoms with Crippen LogP contribution in [0.4, 0.5) is 0 Å². The fraction of sp³-hybridized carbons (Fsp3) is 0.571. The Bertz CT molecular complexity index is 355. The number of hydrogen-bond donors (Lipinski definition) is 0. The molecule has 0 heterocycles. The summed E-state index contributed by atoms with van der Waals surface area (Å²) in [4.78, 5) is 0. The van der Waals surface area contributed by atoms with Crippen LogP contribution >= 0.6 is 15.9 Å². The zero-order valence-electron chi connectivity index (χ0n) is 11.2. The van der Waals surface area contributed by atoms with Crippen LogP contribution in [0.3, 0.4) is 0 Å². The molecule has 0 aliphatic heterocycles. The van der Waals surface area contributed by atoms with Crippen molar-refractivity contribution in [2.45, 2.75) is 33.5 Å². The van der Waals surface area contributed by atoms with Gasteiger partial charge in [0.25, 0.3) is 0 Å². The summed E-state index contributed by atoms with van der Waals surface area (Å²) in [5, 5.41) is 0. The first-order valence-electron chi connectivity index (χ1n) is 6.27. The molecule has 1 aromatic carbocycles. The van der Waals surface area contributed by atoms with Gasteiger partial charge in [-0.2, -0.15) is 0 Å². The van der Waals surface area contributed by atoms with Crippen LogP contribution in [0.2, 0.25) is 0 Å². The topological polar surface area (TPSA) is 27.7 Å². The van der Waals surface area contributed by atoms with Crippen LogP contribution in [0.15, 0.2) is 22.7 Å². The van der Waals surface area contributed by atoms with Crippen LogP contribution in [0.1, 0.15) is 26.3 Å². The normalized spacial score (nSPS) is 12.4. The van der Waals surface area contributed by atoms with Gasteiger partial charge in [-0.1, -0.05) is 6.07 Å². The summed E-state index contributed by atoms with van der Waals surface area (Å²) in [7, 11) is 0. The van der Waals surface area contributed by atoms with Gasteiger partial charge in [-0.3, -0.25) is 0 Å². The minimum absolute atomic E-state index is 0.136. The van der Waals surface area contributed by atoms with Crippen molar-refractivity contribution in [1.82, 2.24) is 0 Å². The molecule has 0 unspecified atom stereocenters. The number of benzene rings is 1. The number of rotatable bonds is 8. The summed E-state index contributed by atoms with van der Waals surface area (Å²) >= 11 is 3.46. The largest absolute Gasteiger partial charge is 0.493 e. The van der Waals surface area contributed by atoms with Gasteiger partial charge < -0.3 is 14.2 Å². The van der Waals surface area contributed by atoms with E-state index in [1.165, 1.54) is 0 Å². The minimum atomic E-state index is 0.136. The van der Waals surface area contributed by atoms with Crippen LogP contribution < -0.4 is 4.74 Å². The molecule has 0 aromatic heterocycles. The van der Waals surface area contributed by atoms with Crippen LogP contribution in [0, 0.1) is 0 Å². The lowest BCUT2D eigenvalue weighted by Gasteiger charge is -2.13. The molecule has 0 radical (unpaired) electrons. The van der Waals surface area contributed by atoms with E-state index in [0.29, 0.717) is 19.8 Å². The van der Waals surface area contributed by atoms with E-state index >= 15 is 0 Å². The van der Waals surface area contributed by atoms with Crippen molar-refractivity contribution in [2.24, 2.45) is 0 Å². The van der Waals surface area contributed by atoms with Gasteiger partial charge in [-0.05, 0) is 54.4 Å². The average Bonchev–Trinajstić information content (AvgIpc) is 2.34. The third-order valence-corrected chi connectivity index (χ3v) is 3.02. The van der Waals surface area contributed by atoms with Gasteiger partial charge in [0.15, 0.2) is 0 Å². The molecule has 0 saturated heterocycles. The summed E-state index contributed by atoms with van der Waals surface area (Å²) in [6, 6.07) is 6.01. The lowest BCUT2D eigenvalue weighted by Crippen LogP contribution is -2.15. The average molecular weight is 317 g/mol. The molecule has 18 heavy (non-hydrogen) atoms. The van der Waals surface area contributed by atoms with Crippen LogP contribution in [-0.4, -0.2) is 25.9 Å². The molecule has 0 amide bonds. The molecule has 0 fully saturated rings. The molecule has 102 valence electrons. The first-order valence-corrected chi connectivity index (χ1v) is 7.07. The van der Waals surface area contributed by atoms with E-state index in [0.717, 1.165) is 22.4 Å². The second-order valence-electron chi connectivity index (χ2n) is 3.98. The Kier molecular flexibility index (Phi) is 7.32. The number of ether oxygens (including phenoxy) is 3. The SMILES string of the molecule is CCOc1cc(COC[C@@H](C)OCC)ccc1Br. The fourth-order valence-corrected chi connectivity index (χ4v) is 1.94. The maximum Gasteiger partial charge on any atom is 0.133 e. The van der Waals surface area contributed by atoms with Gasteiger partial charge in [0.1, 0.15) is 5.75 Å². The van der Waals surface area contributed by atoms with E-state index in [4.69, 9.17) is 14.2 Å². The van der Waals surface area contributed by atoms with E-state index in [1.807, 2.05) is 39.0 Å². The second-order valence-corrected chi connectivity index (χ2v) is 4.83. The Hall–Kier alpha value is -0.580. The molecular formula is C14H21BrO3. The number of halogens is 1. The predicted molar refractivity (Wildman–Crippen MR) is 76.1 cm³/mol. The summed E-state index contributed by atoms with van der Waals surface area (Å²) in [5.74, 6) is 0.858. The quantitative estimate of drug-likeness (QED) is 0.730. The Labute approximate surface area is 118 Å². The molecule has 0 bridgehead atoms. The molecule has 0 spiro atoms. The highest BCUT2D eigenvalue weighted by molar-refractivity contribution is 9.10. The molecule has 1 rings (SSSR count). The Morgan fingerprint density at radius 3 is 2.67 bits per heavy atom. The zero-order chi connectivity index (χ0) is 13.4. The highest BCUT2D eigenvalue weighted by Gasteiger charge is 2.04. The lowest BCUT2D eigenvalue weighted by molar-refractivity contribution is -0.00716.